The lowest BCUT2D eigenvalue weighted by Gasteiger charge is -2.17. The molecule has 2 aromatic rings. The Bertz CT molecular complexity index is 723. The molecule has 7 nitrogen and oxygen atoms in total. The topological polar surface area (TPSA) is 91.6 Å². The second-order valence-corrected chi connectivity index (χ2v) is 6.26. The van der Waals surface area contributed by atoms with Crippen LogP contribution in [0.2, 0.25) is 0 Å². The number of aromatic nitrogens is 2. The molecule has 2 rings (SSSR count). The highest BCUT2D eigenvalue weighted by atomic mass is 16.7. The van der Waals surface area contributed by atoms with Gasteiger partial charge in [0.2, 0.25) is 0 Å². The van der Waals surface area contributed by atoms with Gasteiger partial charge in [-0.05, 0) is 38.5 Å². The smallest absolute Gasteiger partial charge is 0.329 e. The highest BCUT2D eigenvalue weighted by Gasteiger charge is 2.19. The number of nitrogens with zero attached hydrogens (tertiary/aromatic N) is 2. The molecule has 0 unspecified atom stereocenters. The molecular formula is C16H25N3O4. The number of rotatable bonds is 7. The zero-order chi connectivity index (χ0) is 17.2. The van der Waals surface area contributed by atoms with Crippen LogP contribution in [0.5, 0.6) is 0 Å². The number of anilines is 1. The van der Waals surface area contributed by atoms with Crippen molar-refractivity contribution in [3.63, 3.8) is 0 Å². The maximum atomic E-state index is 12.8. The van der Waals surface area contributed by atoms with Gasteiger partial charge in [0.15, 0.2) is 6.29 Å². The normalized spacial score (nSPS) is 12.4. The van der Waals surface area contributed by atoms with Crippen molar-refractivity contribution in [2.75, 3.05) is 20.0 Å². The second-order valence-electron chi connectivity index (χ2n) is 6.26. The van der Waals surface area contributed by atoms with Crippen LogP contribution in [0.4, 0.5) is 5.69 Å². The highest BCUT2D eigenvalue weighted by molar-refractivity contribution is 5.79. The Kier molecular flexibility index (Phi) is 5.13. The van der Waals surface area contributed by atoms with Crippen LogP contribution in [0.1, 0.15) is 20.3 Å². The molecule has 1 heterocycles. The summed E-state index contributed by atoms with van der Waals surface area (Å²) in [6, 6.07) is 5.34. The molecule has 23 heavy (non-hydrogen) atoms. The van der Waals surface area contributed by atoms with Crippen molar-refractivity contribution >= 4 is 16.7 Å². The van der Waals surface area contributed by atoms with Crippen LogP contribution in [-0.4, -0.2) is 40.4 Å². The van der Waals surface area contributed by atoms with Crippen LogP contribution >= 0.6 is 0 Å². The summed E-state index contributed by atoms with van der Waals surface area (Å²) in [7, 11) is 3.06. The fraction of sp³-hybridized carbons (Fsp3) is 0.562. The minimum absolute atomic E-state index is 0.172. The lowest BCUT2D eigenvalue weighted by atomic mass is 10.1. The molecule has 128 valence electrons. The second kappa shape index (κ2) is 6.74. The molecule has 0 saturated carbocycles. The molecule has 7 heteroatoms. The van der Waals surface area contributed by atoms with Crippen LogP contribution in [-0.2, 0) is 22.6 Å². The maximum Gasteiger partial charge on any atom is 0.329 e. The van der Waals surface area contributed by atoms with Crippen LogP contribution in [0, 0.1) is 0 Å². The minimum atomic E-state index is -0.851. The lowest BCUT2D eigenvalue weighted by Crippen LogP contribution is -2.31. The van der Waals surface area contributed by atoms with Gasteiger partial charge in [-0.3, -0.25) is 9.13 Å². The van der Waals surface area contributed by atoms with Gasteiger partial charge in [-0.1, -0.05) is 0 Å². The molecule has 0 aliphatic rings. The van der Waals surface area contributed by atoms with Crippen molar-refractivity contribution in [3.05, 3.63) is 28.7 Å². The van der Waals surface area contributed by atoms with Crippen molar-refractivity contribution < 1.29 is 14.6 Å². The van der Waals surface area contributed by atoms with Gasteiger partial charge in [0.25, 0.3) is 0 Å². The van der Waals surface area contributed by atoms with Crippen molar-refractivity contribution in [2.24, 2.45) is 0 Å². The summed E-state index contributed by atoms with van der Waals surface area (Å²) in [5, 5.41) is 9.94. The number of aryl methyl sites for hydroxylation is 1. The summed E-state index contributed by atoms with van der Waals surface area (Å²) in [5.41, 5.74) is 6.93. The van der Waals surface area contributed by atoms with Crippen LogP contribution < -0.4 is 11.4 Å². The summed E-state index contributed by atoms with van der Waals surface area (Å²) in [6.45, 7) is 4.12. The molecule has 1 aromatic heterocycles. The van der Waals surface area contributed by atoms with E-state index >= 15 is 0 Å². The Morgan fingerprint density at radius 3 is 2.43 bits per heavy atom. The van der Waals surface area contributed by atoms with E-state index in [4.69, 9.17) is 15.2 Å². The van der Waals surface area contributed by atoms with E-state index in [1.165, 1.54) is 14.2 Å². The predicted molar refractivity (Wildman–Crippen MR) is 89.3 cm³/mol. The number of nitrogen functional groups attached to an aromatic ring is 1. The fourth-order valence-corrected chi connectivity index (χ4v) is 2.51. The van der Waals surface area contributed by atoms with E-state index in [0.717, 1.165) is 11.0 Å². The molecule has 0 saturated heterocycles. The Morgan fingerprint density at radius 2 is 1.87 bits per heavy atom. The van der Waals surface area contributed by atoms with Gasteiger partial charge in [0.05, 0.1) is 23.2 Å². The quantitative estimate of drug-likeness (QED) is 0.589. The molecular weight excluding hydrogens is 298 g/mol. The molecule has 1 aromatic carbocycles. The standard InChI is InChI=1S/C16H25N3O4/c1-16(2,21)7-8-18-13-9-11(17)5-6-12(13)19(15(18)20)10-14(22-3)23-4/h5-6,9,14,21H,7-8,10,17H2,1-4H3. The largest absolute Gasteiger partial charge is 0.399 e. The van der Waals surface area contributed by atoms with Gasteiger partial charge in [-0.15, -0.1) is 0 Å². The molecule has 0 aliphatic heterocycles. The van der Waals surface area contributed by atoms with Crippen molar-refractivity contribution in [1.82, 2.24) is 9.13 Å². The van der Waals surface area contributed by atoms with Gasteiger partial charge < -0.3 is 20.3 Å². The lowest BCUT2D eigenvalue weighted by molar-refractivity contribution is -0.110. The number of hydrogen-bond donors (Lipinski definition) is 2. The van der Waals surface area contributed by atoms with Crippen molar-refractivity contribution in [2.45, 2.75) is 45.2 Å². The molecule has 0 amide bonds. The number of ether oxygens (including phenoxy) is 2. The summed E-state index contributed by atoms with van der Waals surface area (Å²) in [4.78, 5) is 12.8. The zero-order valence-electron chi connectivity index (χ0n) is 14.1. The average Bonchev–Trinajstić information content (AvgIpc) is 2.73. The van der Waals surface area contributed by atoms with E-state index < -0.39 is 11.9 Å². The first kappa shape index (κ1) is 17.5. The van der Waals surface area contributed by atoms with Crippen molar-refractivity contribution in [3.8, 4) is 0 Å². The number of hydrogen-bond acceptors (Lipinski definition) is 5. The van der Waals surface area contributed by atoms with Gasteiger partial charge >= 0.3 is 5.69 Å². The van der Waals surface area contributed by atoms with Crippen LogP contribution in [0.3, 0.4) is 0 Å². The maximum absolute atomic E-state index is 12.8. The Balaban J connectivity index is 2.51. The summed E-state index contributed by atoms with van der Waals surface area (Å²) < 4.78 is 13.6. The first-order valence-corrected chi connectivity index (χ1v) is 7.53. The zero-order valence-corrected chi connectivity index (χ0v) is 14.1. The molecule has 3 N–H and O–H groups in total. The first-order valence-electron chi connectivity index (χ1n) is 7.53. The van der Waals surface area contributed by atoms with E-state index in [-0.39, 0.29) is 12.2 Å². The molecule has 0 radical (unpaired) electrons. The number of benzene rings is 1. The number of imidazole rings is 1. The van der Waals surface area contributed by atoms with Gasteiger partial charge in [-0.2, -0.15) is 0 Å². The highest BCUT2D eigenvalue weighted by Crippen LogP contribution is 2.19. The molecule has 0 aliphatic carbocycles. The Morgan fingerprint density at radius 1 is 1.22 bits per heavy atom. The number of aliphatic hydroxyl groups is 1. The third-order valence-electron chi connectivity index (χ3n) is 3.85. The fourth-order valence-electron chi connectivity index (χ4n) is 2.51. The summed E-state index contributed by atoms with van der Waals surface area (Å²) >= 11 is 0. The Hall–Kier alpha value is -1.83. The van der Waals surface area contributed by atoms with Gasteiger partial charge in [0, 0.05) is 26.5 Å². The summed E-state index contributed by atoms with van der Waals surface area (Å²) in [5.74, 6) is 0. The van der Waals surface area contributed by atoms with Gasteiger partial charge in [0.1, 0.15) is 0 Å². The Labute approximate surface area is 135 Å². The third-order valence-corrected chi connectivity index (χ3v) is 3.85. The molecule has 0 fully saturated rings. The van der Waals surface area contributed by atoms with Gasteiger partial charge in [-0.25, -0.2) is 4.79 Å². The van der Waals surface area contributed by atoms with E-state index in [0.29, 0.717) is 18.7 Å². The predicted octanol–water partition coefficient (Wildman–Crippen LogP) is 1.17. The number of fused-ring (bicyclic) bond motifs is 1. The van der Waals surface area contributed by atoms with E-state index in [1.807, 2.05) is 6.07 Å². The van der Waals surface area contributed by atoms with E-state index in [2.05, 4.69) is 0 Å². The SMILES string of the molecule is COC(Cn1c(=O)n(CCC(C)(C)O)c2cc(N)ccc21)OC. The molecule has 0 spiro atoms. The monoisotopic (exact) mass is 323 g/mol. The van der Waals surface area contributed by atoms with Crippen LogP contribution in [0.25, 0.3) is 11.0 Å². The molecule has 0 atom stereocenters. The average molecular weight is 323 g/mol. The number of methoxy groups -OCH3 is 2. The van der Waals surface area contributed by atoms with Crippen LogP contribution in [0.15, 0.2) is 23.0 Å². The van der Waals surface area contributed by atoms with Crippen molar-refractivity contribution in [1.29, 1.82) is 0 Å². The van der Waals surface area contributed by atoms with E-state index in [9.17, 15) is 9.90 Å². The number of nitrogens with two attached hydrogens (primary N) is 1. The molecule has 0 bridgehead atoms. The summed E-state index contributed by atoms with van der Waals surface area (Å²) in [6.07, 6.45) is -0.0581. The first-order chi connectivity index (χ1) is 10.8. The third kappa shape index (κ3) is 3.93. The minimum Gasteiger partial charge on any atom is -0.399 e. The van der Waals surface area contributed by atoms with E-state index in [1.54, 1.807) is 35.1 Å².